The topological polar surface area (TPSA) is 75.3 Å². The minimum Gasteiger partial charge on any atom is -0.349 e. The third-order valence-electron chi connectivity index (χ3n) is 4.10. The van der Waals surface area contributed by atoms with Gasteiger partial charge >= 0.3 is 0 Å². The van der Waals surface area contributed by atoms with Crippen LogP contribution in [-0.4, -0.2) is 27.4 Å². The molecule has 1 aliphatic rings. The zero-order valence-electron chi connectivity index (χ0n) is 12.4. The fraction of sp³-hybridized carbons (Fsp3) is 0.533. The molecule has 2 atom stereocenters. The summed E-state index contributed by atoms with van der Waals surface area (Å²) in [5.41, 5.74) is 0.379. The van der Waals surface area contributed by atoms with Gasteiger partial charge in [-0.05, 0) is 44.0 Å². The van der Waals surface area contributed by atoms with E-state index in [0.29, 0.717) is 11.5 Å². The van der Waals surface area contributed by atoms with Crippen molar-refractivity contribution in [1.82, 2.24) is 10.0 Å². The second-order valence-corrected chi connectivity index (χ2v) is 7.46. The van der Waals surface area contributed by atoms with Crippen LogP contribution in [0.2, 0.25) is 0 Å². The van der Waals surface area contributed by atoms with Gasteiger partial charge in [0.2, 0.25) is 10.0 Å². The zero-order valence-corrected chi connectivity index (χ0v) is 13.2. The molecular weight excluding hydrogens is 288 g/mol. The van der Waals surface area contributed by atoms with Crippen molar-refractivity contribution in [2.45, 2.75) is 43.5 Å². The molecule has 1 aromatic rings. The fourth-order valence-electron chi connectivity index (χ4n) is 2.70. The highest BCUT2D eigenvalue weighted by molar-refractivity contribution is 7.89. The van der Waals surface area contributed by atoms with Crippen molar-refractivity contribution in [3.05, 3.63) is 29.8 Å². The maximum absolute atomic E-state index is 12.3. The molecule has 0 bridgehead atoms. The number of carbonyl (C=O) groups is 1. The van der Waals surface area contributed by atoms with E-state index in [4.69, 9.17) is 0 Å². The first-order chi connectivity index (χ1) is 9.94. The standard InChI is InChI=1S/C15H22N2O3S/c1-11-6-3-4-9-14(11)17-15(18)12-7-5-8-13(10-12)21(19,20)16-2/h5,7-8,10-11,14,16H,3-4,6,9H2,1-2H3,(H,17,18)/t11-,14-/m0/s1. The van der Waals surface area contributed by atoms with Crippen LogP contribution in [0.5, 0.6) is 0 Å². The summed E-state index contributed by atoms with van der Waals surface area (Å²) >= 11 is 0. The second kappa shape index (κ2) is 6.58. The highest BCUT2D eigenvalue weighted by atomic mass is 32.2. The van der Waals surface area contributed by atoms with Gasteiger partial charge in [-0.15, -0.1) is 0 Å². The lowest BCUT2D eigenvalue weighted by atomic mass is 9.86. The largest absolute Gasteiger partial charge is 0.349 e. The highest BCUT2D eigenvalue weighted by Crippen LogP contribution is 2.24. The predicted octanol–water partition coefficient (Wildman–Crippen LogP) is 1.90. The van der Waals surface area contributed by atoms with E-state index >= 15 is 0 Å². The Balaban J connectivity index is 2.14. The van der Waals surface area contributed by atoms with Gasteiger partial charge in [-0.3, -0.25) is 4.79 Å². The summed E-state index contributed by atoms with van der Waals surface area (Å²) in [6.45, 7) is 2.14. The van der Waals surface area contributed by atoms with Crippen molar-refractivity contribution in [3.8, 4) is 0 Å². The Morgan fingerprint density at radius 3 is 2.62 bits per heavy atom. The van der Waals surface area contributed by atoms with Crippen LogP contribution in [0.4, 0.5) is 0 Å². The number of amides is 1. The molecule has 1 aromatic carbocycles. The smallest absolute Gasteiger partial charge is 0.251 e. The SMILES string of the molecule is CNS(=O)(=O)c1cccc(C(=O)N[C@H]2CCCC[C@@H]2C)c1. The van der Waals surface area contributed by atoms with Crippen LogP contribution >= 0.6 is 0 Å². The molecule has 2 N–H and O–H groups in total. The van der Waals surface area contributed by atoms with E-state index in [0.717, 1.165) is 19.3 Å². The molecule has 5 nitrogen and oxygen atoms in total. The summed E-state index contributed by atoms with van der Waals surface area (Å²) < 4.78 is 25.8. The fourth-order valence-corrected chi connectivity index (χ4v) is 3.48. The molecule has 21 heavy (non-hydrogen) atoms. The Labute approximate surface area is 126 Å². The van der Waals surface area contributed by atoms with Crippen LogP contribution in [0.25, 0.3) is 0 Å². The van der Waals surface area contributed by atoms with Gasteiger partial charge in [-0.2, -0.15) is 0 Å². The van der Waals surface area contributed by atoms with Gasteiger partial charge in [0, 0.05) is 11.6 Å². The Hall–Kier alpha value is -1.40. The molecule has 1 fully saturated rings. The lowest BCUT2D eigenvalue weighted by molar-refractivity contribution is 0.0910. The number of rotatable bonds is 4. The summed E-state index contributed by atoms with van der Waals surface area (Å²) in [4.78, 5) is 12.4. The number of carbonyl (C=O) groups excluding carboxylic acids is 1. The second-order valence-electron chi connectivity index (χ2n) is 5.58. The number of hydrogen-bond donors (Lipinski definition) is 2. The molecule has 0 spiro atoms. The molecule has 1 saturated carbocycles. The van der Waals surface area contributed by atoms with E-state index in [1.165, 1.54) is 25.6 Å². The molecular formula is C15H22N2O3S. The first-order valence-corrected chi connectivity index (χ1v) is 8.77. The first-order valence-electron chi connectivity index (χ1n) is 7.28. The number of sulfonamides is 1. The van der Waals surface area contributed by atoms with E-state index < -0.39 is 10.0 Å². The Morgan fingerprint density at radius 2 is 1.95 bits per heavy atom. The lowest BCUT2D eigenvalue weighted by Crippen LogP contribution is -2.41. The summed E-state index contributed by atoms with van der Waals surface area (Å²) in [5, 5.41) is 3.03. The summed E-state index contributed by atoms with van der Waals surface area (Å²) in [5.74, 6) is 0.258. The molecule has 1 amide bonds. The summed E-state index contributed by atoms with van der Waals surface area (Å²) in [6.07, 6.45) is 4.45. The molecule has 0 saturated heterocycles. The monoisotopic (exact) mass is 310 g/mol. The molecule has 0 radical (unpaired) electrons. The summed E-state index contributed by atoms with van der Waals surface area (Å²) in [6, 6.07) is 6.29. The van der Waals surface area contributed by atoms with Crippen molar-refractivity contribution >= 4 is 15.9 Å². The molecule has 116 valence electrons. The van der Waals surface area contributed by atoms with Crippen molar-refractivity contribution in [2.24, 2.45) is 5.92 Å². The molecule has 6 heteroatoms. The first kappa shape index (κ1) is 16.0. The van der Waals surface area contributed by atoms with Crippen LogP contribution < -0.4 is 10.0 Å². The van der Waals surface area contributed by atoms with E-state index in [9.17, 15) is 13.2 Å². The van der Waals surface area contributed by atoms with E-state index in [-0.39, 0.29) is 16.8 Å². The minimum atomic E-state index is -3.53. The van der Waals surface area contributed by atoms with Crippen LogP contribution in [0.15, 0.2) is 29.2 Å². The average Bonchev–Trinajstić information content (AvgIpc) is 2.49. The van der Waals surface area contributed by atoms with Crippen molar-refractivity contribution in [1.29, 1.82) is 0 Å². The molecule has 0 heterocycles. The maximum Gasteiger partial charge on any atom is 0.251 e. The van der Waals surface area contributed by atoms with Crippen LogP contribution in [-0.2, 0) is 10.0 Å². The molecule has 1 aliphatic carbocycles. The van der Waals surface area contributed by atoms with Gasteiger partial charge in [0.25, 0.3) is 5.91 Å². The van der Waals surface area contributed by atoms with Gasteiger partial charge in [0.1, 0.15) is 0 Å². The van der Waals surface area contributed by atoms with Gasteiger partial charge in [-0.25, -0.2) is 13.1 Å². The van der Waals surface area contributed by atoms with E-state index in [1.807, 2.05) is 0 Å². The Bertz CT molecular complexity index is 613. The van der Waals surface area contributed by atoms with Crippen molar-refractivity contribution < 1.29 is 13.2 Å². The van der Waals surface area contributed by atoms with Gasteiger partial charge < -0.3 is 5.32 Å². The number of hydrogen-bond acceptors (Lipinski definition) is 3. The highest BCUT2D eigenvalue weighted by Gasteiger charge is 2.23. The molecule has 0 aromatic heterocycles. The van der Waals surface area contributed by atoms with Gasteiger partial charge in [0.15, 0.2) is 0 Å². The predicted molar refractivity (Wildman–Crippen MR) is 81.6 cm³/mol. The van der Waals surface area contributed by atoms with Crippen molar-refractivity contribution in [3.63, 3.8) is 0 Å². The molecule has 2 rings (SSSR count). The molecule has 0 unspecified atom stereocenters. The maximum atomic E-state index is 12.3. The van der Waals surface area contributed by atoms with Crippen LogP contribution in [0.3, 0.4) is 0 Å². The van der Waals surface area contributed by atoms with Crippen molar-refractivity contribution in [2.75, 3.05) is 7.05 Å². The zero-order chi connectivity index (χ0) is 15.5. The van der Waals surface area contributed by atoms with Crippen LogP contribution in [0.1, 0.15) is 43.0 Å². The summed E-state index contributed by atoms with van der Waals surface area (Å²) in [7, 11) is -2.18. The average molecular weight is 310 g/mol. The van der Waals surface area contributed by atoms with Crippen LogP contribution in [0, 0.1) is 5.92 Å². The van der Waals surface area contributed by atoms with E-state index in [2.05, 4.69) is 17.0 Å². The number of nitrogens with one attached hydrogen (secondary N) is 2. The third kappa shape index (κ3) is 3.83. The normalized spacial score (nSPS) is 22.8. The Morgan fingerprint density at radius 1 is 1.24 bits per heavy atom. The lowest BCUT2D eigenvalue weighted by Gasteiger charge is -2.29. The van der Waals surface area contributed by atoms with E-state index in [1.54, 1.807) is 12.1 Å². The third-order valence-corrected chi connectivity index (χ3v) is 5.52. The minimum absolute atomic E-state index is 0.106. The Kier molecular flexibility index (Phi) is 5.00. The molecule has 0 aliphatic heterocycles. The quantitative estimate of drug-likeness (QED) is 0.892. The van der Waals surface area contributed by atoms with Gasteiger partial charge in [-0.1, -0.05) is 25.8 Å². The number of benzene rings is 1. The van der Waals surface area contributed by atoms with Gasteiger partial charge in [0.05, 0.1) is 4.90 Å².